The Morgan fingerprint density at radius 1 is 1.36 bits per heavy atom. The quantitative estimate of drug-likeness (QED) is 0.859. The van der Waals surface area contributed by atoms with E-state index in [9.17, 15) is 22.4 Å². The fourth-order valence-corrected chi connectivity index (χ4v) is 1.94. The van der Waals surface area contributed by atoms with Gasteiger partial charge in [0.2, 0.25) is 5.91 Å². The molecule has 1 aromatic heterocycles. The maximum atomic E-state index is 13.2. The van der Waals surface area contributed by atoms with Gasteiger partial charge in [0, 0.05) is 6.42 Å². The van der Waals surface area contributed by atoms with E-state index in [4.69, 9.17) is 5.73 Å². The highest BCUT2D eigenvalue weighted by molar-refractivity contribution is 5.81. The van der Waals surface area contributed by atoms with Crippen molar-refractivity contribution in [3.05, 3.63) is 47.4 Å². The molecule has 1 amide bonds. The number of amides is 1. The zero-order chi connectivity index (χ0) is 16.3. The van der Waals surface area contributed by atoms with E-state index >= 15 is 0 Å². The first-order valence-electron chi connectivity index (χ1n) is 6.22. The average Bonchev–Trinajstić information content (AvgIpc) is 2.87. The van der Waals surface area contributed by atoms with Crippen LogP contribution in [-0.4, -0.2) is 16.0 Å². The Morgan fingerprint density at radius 2 is 2.09 bits per heavy atom. The number of benzene rings is 1. The van der Waals surface area contributed by atoms with E-state index in [0.29, 0.717) is 5.56 Å². The van der Waals surface area contributed by atoms with Gasteiger partial charge in [-0.3, -0.25) is 4.79 Å². The molecule has 118 valence electrons. The lowest BCUT2D eigenvalue weighted by Gasteiger charge is -2.12. The molecular formula is C13H11F4N3O2. The molecule has 2 aromatic rings. The summed E-state index contributed by atoms with van der Waals surface area (Å²) >= 11 is 0. The van der Waals surface area contributed by atoms with Crippen molar-refractivity contribution in [2.75, 3.05) is 0 Å². The van der Waals surface area contributed by atoms with Gasteiger partial charge < -0.3 is 10.3 Å². The lowest BCUT2D eigenvalue weighted by molar-refractivity contribution is -0.159. The summed E-state index contributed by atoms with van der Waals surface area (Å²) in [5.74, 6) is -3.77. The second-order valence-corrected chi connectivity index (χ2v) is 4.56. The van der Waals surface area contributed by atoms with Gasteiger partial charge in [-0.1, -0.05) is 17.3 Å². The summed E-state index contributed by atoms with van der Waals surface area (Å²) in [4.78, 5) is 14.6. The number of hydrogen-bond acceptors (Lipinski definition) is 4. The van der Waals surface area contributed by atoms with Crippen LogP contribution in [0.15, 0.2) is 28.8 Å². The molecule has 0 aliphatic rings. The lowest BCUT2D eigenvalue weighted by atomic mass is 9.93. The Kier molecular flexibility index (Phi) is 4.43. The van der Waals surface area contributed by atoms with Crippen LogP contribution in [0.5, 0.6) is 0 Å². The van der Waals surface area contributed by atoms with Crippen LogP contribution in [0.4, 0.5) is 17.6 Å². The van der Waals surface area contributed by atoms with Crippen molar-refractivity contribution in [2.45, 2.75) is 24.9 Å². The summed E-state index contributed by atoms with van der Waals surface area (Å²) in [5, 5.41) is 3.19. The number of halogens is 4. The smallest absolute Gasteiger partial charge is 0.369 e. The highest BCUT2D eigenvalue weighted by atomic mass is 19.4. The Labute approximate surface area is 122 Å². The number of aryl methyl sites for hydroxylation is 1. The standard InChI is InChI=1S/C13H11F4N3O2/c14-8-3-1-2-7(6-8)9(11(18)21)4-5-10-19-12(22-20-10)13(15,16)17/h1-3,6,9H,4-5H2,(H2,18,21). The van der Waals surface area contributed by atoms with Crippen molar-refractivity contribution in [1.29, 1.82) is 0 Å². The fourth-order valence-electron chi connectivity index (χ4n) is 1.94. The van der Waals surface area contributed by atoms with Crippen LogP contribution >= 0.6 is 0 Å². The Balaban J connectivity index is 2.10. The topological polar surface area (TPSA) is 82.0 Å². The van der Waals surface area contributed by atoms with Crippen molar-refractivity contribution in [2.24, 2.45) is 5.73 Å². The van der Waals surface area contributed by atoms with Crippen LogP contribution in [-0.2, 0) is 17.4 Å². The van der Waals surface area contributed by atoms with Crippen molar-refractivity contribution < 1.29 is 26.9 Å². The molecule has 2 N–H and O–H groups in total. The van der Waals surface area contributed by atoms with Crippen LogP contribution in [0.3, 0.4) is 0 Å². The number of aromatic nitrogens is 2. The number of carbonyl (C=O) groups excluding carboxylic acids is 1. The second kappa shape index (κ2) is 6.12. The molecule has 5 nitrogen and oxygen atoms in total. The number of alkyl halides is 3. The Morgan fingerprint density at radius 3 is 2.64 bits per heavy atom. The lowest BCUT2D eigenvalue weighted by Crippen LogP contribution is -2.22. The van der Waals surface area contributed by atoms with Crippen molar-refractivity contribution >= 4 is 5.91 Å². The summed E-state index contributed by atoms with van der Waals surface area (Å²) in [6.07, 6.45) is -4.75. The molecule has 2 rings (SSSR count). The predicted octanol–water partition coefficient (Wildman–Crippen LogP) is 2.43. The molecule has 0 radical (unpaired) electrons. The van der Waals surface area contributed by atoms with E-state index in [0.717, 1.165) is 6.07 Å². The molecule has 0 fully saturated rings. The van der Waals surface area contributed by atoms with Crippen LogP contribution in [0.2, 0.25) is 0 Å². The highest BCUT2D eigenvalue weighted by Gasteiger charge is 2.38. The summed E-state index contributed by atoms with van der Waals surface area (Å²) in [5.41, 5.74) is 5.59. The average molecular weight is 317 g/mol. The SMILES string of the molecule is NC(=O)C(CCc1noc(C(F)(F)F)n1)c1cccc(F)c1. The molecule has 0 bridgehead atoms. The molecule has 0 saturated carbocycles. The first-order valence-corrected chi connectivity index (χ1v) is 6.22. The fraction of sp³-hybridized carbons (Fsp3) is 0.308. The first-order chi connectivity index (χ1) is 10.3. The largest absolute Gasteiger partial charge is 0.471 e. The number of nitrogens with two attached hydrogens (primary N) is 1. The zero-order valence-electron chi connectivity index (χ0n) is 11.1. The molecule has 0 aliphatic carbocycles. The maximum absolute atomic E-state index is 13.2. The molecular weight excluding hydrogens is 306 g/mol. The van der Waals surface area contributed by atoms with E-state index in [-0.39, 0.29) is 18.7 Å². The van der Waals surface area contributed by atoms with Crippen molar-refractivity contribution in [3.63, 3.8) is 0 Å². The molecule has 9 heteroatoms. The van der Waals surface area contributed by atoms with Gasteiger partial charge in [0.1, 0.15) is 5.82 Å². The summed E-state index contributed by atoms with van der Waals surface area (Å²) < 4.78 is 54.2. The van der Waals surface area contributed by atoms with E-state index in [2.05, 4.69) is 14.7 Å². The third-order valence-corrected chi connectivity index (χ3v) is 2.96. The van der Waals surface area contributed by atoms with Crippen LogP contribution < -0.4 is 5.73 Å². The Hall–Kier alpha value is -2.45. The summed E-state index contributed by atoms with van der Waals surface area (Å²) in [6, 6.07) is 5.27. The van der Waals surface area contributed by atoms with Crippen LogP contribution in [0.25, 0.3) is 0 Å². The minimum Gasteiger partial charge on any atom is -0.369 e. The van der Waals surface area contributed by atoms with E-state index in [1.165, 1.54) is 18.2 Å². The Bertz CT molecular complexity index is 669. The molecule has 1 atom stereocenters. The molecule has 22 heavy (non-hydrogen) atoms. The summed E-state index contributed by atoms with van der Waals surface area (Å²) in [6.45, 7) is 0. The first kappa shape index (κ1) is 15.9. The van der Waals surface area contributed by atoms with E-state index in [1.54, 1.807) is 0 Å². The van der Waals surface area contributed by atoms with Gasteiger partial charge in [-0.15, -0.1) is 0 Å². The van der Waals surface area contributed by atoms with Gasteiger partial charge in [0.25, 0.3) is 0 Å². The van der Waals surface area contributed by atoms with Crippen LogP contribution in [0.1, 0.15) is 29.6 Å². The third kappa shape index (κ3) is 3.80. The van der Waals surface area contributed by atoms with E-state index in [1.807, 2.05) is 0 Å². The number of rotatable bonds is 5. The second-order valence-electron chi connectivity index (χ2n) is 4.56. The number of carbonyl (C=O) groups is 1. The zero-order valence-corrected chi connectivity index (χ0v) is 11.1. The number of primary amides is 1. The minimum absolute atomic E-state index is 0.0373. The van der Waals surface area contributed by atoms with Gasteiger partial charge in [-0.2, -0.15) is 18.2 Å². The normalized spacial score (nSPS) is 13.1. The van der Waals surface area contributed by atoms with Gasteiger partial charge in [0.05, 0.1) is 5.92 Å². The molecule has 1 heterocycles. The summed E-state index contributed by atoms with van der Waals surface area (Å²) in [7, 11) is 0. The number of nitrogens with zero attached hydrogens (tertiary/aromatic N) is 2. The predicted molar refractivity (Wildman–Crippen MR) is 66.0 cm³/mol. The number of hydrogen-bond donors (Lipinski definition) is 1. The van der Waals surface area contributed by atoms with Gasteiger partial charge >= 0.3 is 12.1 Å². The maximum Gasteiger partial charge on any atom is 0.471 e. The van der Waals surface area contributed by atoms with Crippen LogP contribution in [0, 0.1) is 5.82 Å². The van der Waals surface area contributed by atoms with Gasteiger partial charge in [-0.25, -0.2) is 4.39 Å². The van der Waals surface area contributed by atoms with E-state index < -0.39 is 29.7 Å². The molecule has 0 spiro atoms. The van der Waals surface area contributed by atoms with Crippen molar-refractivity contribution in [3.8, 4) is 0 Å². The van der Waals surface area contributed by atoms with Gasteiger partial charge in [0.15, 0.2) is 5.82 Å². The molecule has 0 saturated heterocycles. The highest BCUT2D eigenvalue weighted by Crippen LogP contribution is 2.28. The van der Waals surface area contributed by atoms with Crippen molar-refractivity contribution in [1.82, 2.24) is 10.1 Å². The molecule has 1 aromatic carbocycles. The molecule has 1 unspecified atom stereocenters. The third-order valence-electron chi connectivity index (χ3n) is 2.96. The monoisotopic (exact) mass is 317 g/mol. The molecule has 0 aliphatic heterocycles. The van der Waals surface area contributed by atoms with Gasteiger partial charge in [-0.05, 0) is 24.1 Å². The minimum atomic E-state index is -4.73.